The lowest BCUT2D eigenvalue weighted by Gasteiger charge is -2.31. The second-order valence-electron chi connectivity index (χ2n) is 4.11. The quantitative estimate of drug-likeness (QED) is 0.829. The molecule has 2 rings (SSSR count). The van der Waals surface area contributed by atoms with E-state index in [1.807, 2.05) is 0 Å². The molecule has 1 aliphatic carbocycles. The highest BCUT2D eigenvalue weighted by Gasteiger charge is 2.35. The van der Waals surface area contributed by atoms with E-state index in [9.17, 15) is 17.6 Å². The van der Waals surface area contributed by atoms with Crippen LogP contribution in [0.3, 0.4) is 0 Å². The first-order valence-corrected chi connectivity index (χ1v) is 6.03. The van der Waals surface area contributed by atoms with Gasteiger partial charge in [0.15, 0.2) is 0 Å². The first-order chi connectivity index (χ1) is 7.86. The Kier molecular flexibility index (Phi) is 3.36. The molecule has 94 valence electrons. The van der Waals surface area contributed by atoms with E-state index >= 15 is 0 Å². The third-order valence-corrected chi connectivity index (χ3v) is 3.92. The highest BCUT2D eigenvalue weighted by atomic mass is 32.2. The number of thioether (sulfide) groups is 1. The Morgan fingerprint density at radius 2 is 1.88 bits per heavy atom. The van der Waals surface area contributed by atoms with Gasteiger partial charge in [-0.3, -0.25) is 0 Å². The van der Waals surface area contributed by atoms with Crippen molar-refractivity contribution in [1.82, 2.24) is 0 Å². The molecule has 0 heterocycles. The lowest BCUT2D eigenvalue weighted by molar-refractivity contribution is -0.140. The minimum atomic E-state index is -4.64. The average molecular weight is 265 g/mol. The minimum Gasteiger partial charge on any atom is -0.328 e. The van der Waals surface area contributed by atoms with E-state index in [1.165, 1.54) is 17.8 Å². The number of hydrogen-bond donors (Lipinski definition) is 1. The number of alkyl halides is 3. The molecule has 6 heteroatoms. The SMILES string of the molecule is NC1CC(Sc2ccc(F)c(C(F)(F)F)c2)C1. The highest BCUT2D eigenvalue weighted by Crippen LogP contribution is 2.39. The summed E-state index contributed by atoms with van der Waals surface area (Å²) in [7, 11) is 0. The predicted octanol–water partition coefficient (Wildman–Crippen LogP) is 3.43. The lowest BCUT2D eigenvalue weighted by Crippen LogP contribution is -2.38. The third kappa shape index (κ3) is 2.93. The molecule has 0 aromatic heterocycles. The molecule has 17 heavy (non-hydrogen) atoms. The van der Waals surface area contributed by atoms with Crippen LogP contribution in [0.1, 0.15) is 18.4 Å². The molecule has 1 aromatic rings. The monoisotopic (exact) mass is 265 g/mol. The molecule has 0 radical (unpaired) electrons. The molecule has 1 nitrogen and oxygen atoms in total. The van der Waals surface area contributed by atoms with E-state index in [1.54, 1.807) is 0 Å². The fourth-order valence-electron chi connectivity index (χ4n) is 1.69. The Morgan fingerprint density at radius 3 is 2.41 bits per heavy atom. The van der Waals surface area contributed by atoms with Crippen molar-refractivity contribution in [2.45, 2.75) is 35.2 Å². The Balaban J connectivity index is 2.14. The van der Waals surface area contributed by atoms with Crippen molar-refractivity contribution in [2.75, 3.05) is 0 Å². The largest absolute Gasteiger partial charge is 0.419 e. The van der Waals surface area contributed by atoms with Gasteiger partial charge in [0.1, 0.15) is 5.82 Å². The fourth-order valence-corrected chi connectivity index (χ4v) is 3.09. The normalized spacial score (nSPS) is 24.5. The highest BCUT2D eigenvalue weighted by molar-refractivity contribution is 8.00. The van der Waals surface area contributed by atoms with Gasteiger partial charge < -0.3 is 5.73 Å². The second kappa shape index (κ2) is 4.49. The summed E-state index contributed by atoms with van der Waals surface area (Å²) in [6.45, 7) is 0. The summed E-state index contributed by atoms with van der Waals surface area (Å²) in [5.74, 6) is -1.23. The molecule has 0 amide bonds. The fraction of sp³-hybridized carbons (Fsp3) is 0.455. The van der Waals surface area contributed by atoms with E-state index in [0.717, 1.165) is 25.0 Å². The average Bonchev–Trinajstić information content (AvgIpc) is 2.16. The van der Waals surface area contributed by atoms with Crippen LogP contribution >= 0.6 is 11.8 Å². The molecule has 1 aliphatic rings. The van der Waals surface area contributed by atoms with E-state index in [-0.39, 0.29) is 11.3 Å². The molecule has 1 aromatic carbocycles. The Labute approximate surface area is 100 Å². The van der Waals surface area contributed by atoms with E-state index < -0.39 is 17.6 Å². The van der Waals surface area contributed by atoms with Crippen molar-refractivity contribution in [1.29, 1.82) is 0 Å². The van der Waals surface area contributed by atoms with Crippen LogP contribution in [0.15, 0.2) is 23.1 Å². The summed E-state index contributed by atoms with van der Waals surface area (Å²) in [6.07, 6.45) is -3.05. The molecule has 0 bridgehead atoms. The van der Waals surface area contributed by atoms with Crippen molar-refractivity contribution in [3.05, 3.63) is 29.6 Å². The number of rotatable bonds is 2. The van der Waals surface area contributed by atoms with Gasteiger partial charge in [0.25, 0.3) is 0 Å². The second-order valence-corrected chi connectivity index (χ2v) is 5.48. The van der Waals surface area contributed by atoms with Crippen LogP contribution in [-0.4, -0.2) is 11.3 Å². The lowest BCUT2D eigenvalue weighted by atomic mass is 9.94. The Bertz CT molecular complexity index is 412. The summed E-state index contributed by atoms with van der Waals surface area (Å²) in [4.78, 5) is 0.440. The third-order valence-electron chi connectivity index (χ3n) is 2.68. The number of hydrogen-bond acceptors (Lipinski definition) is 2. The maximum Gasteiger partial charge on any atom is 0.419 e. The molecular formula is C11H11F4NS. The Hall–Kier alpha value is -0.750. The van der Waals surface area contributed by atoms with Crippen molar-refractivity contribution >= 4 is 11.8 Å². The molecule has 0 unspecified atom stereocenters. The minimum absolute atomic E-state index is 0.148. The Morgan fingerprint density at radius 1 is 1.24 bits per heavy atom. The summed E-state index contributed by atoms with van der Waals surface area (Å²) < 4.78 is 50.4. The van der Waals surface area contributed by atoms with Crippen LogP contribution in [0.4, 0.5) is 17.6 Å². The smallest absolute Gasteiger partial charge is 0.328 e. The standard InChI is InChI=1S/C11H11F4NS/c12-10-2-1-7(5-9(10)11(13,14)15)17-8-3-6(16)4-8/h1-2,5-6,8H,3-4,16H2. The molecule has 1 fully saturated rings. The van der Waals surface area contributed by atoms with Gasteiger partial charge in [0.2, 0.25) is 0 Å². The van der Waals surface area contributed by atoms with Crippen LogP contribution in [0.25, 0.3) is 0 Å². The molecule has 0 atom stereocenters. The molecule has 2 N–H and O–H groups in total. The van der Waals surface area contributed by atoms with Gasteiger partial charge in [-0.05, 0) is 31.0 Å². The summed E-state index contributed by atoms with van der Waals surface area (Å²) >= 11 is 1.33. The first-order valence-electron chi connectivity index (χ1n) is 5.15. The van der Waals surface area contributed by atoms with Gasteiger partial charge in [-0.15, -0.1) is 11.8 Å². The molecule has 0 spiro atoms. The zero-order valence-corrected chi connectivity index (χ0v) is 9.61. The molecule has 0 aliphatic heterocycles. The zero-order valence-electron chi connectivity index (χ0n) is 8.80. The summed E-state index contributed by atoms with van der Waals surface area (Å²) in [6, 6.07) is 3.25. The van der Waals surface area contributed by atoms with Crippen molar-refractivity contribution in [3.63, 3.8) is 0 Å². The maximum atomic E-state index is 13.0. The van der Waals surface area contributed by atoms with Crippen LogP contribution in [-0.2, 0) is 6.18 Å². The van der Waals surface area contributed by atoms with Crippen LogP contribution in [0.2, 0.25) is 0 Å². The number of halogens is 4. The maximum absolute atomic E-state index is 13.0. The van der Waals surface area contributed by atoms with Crippen molar-refractivity contribution in [2.24, 2.45) is 5.73 Å². The van der Waals surface area contributed by atoms with Crippen LogP contribution < -0.4 is 5.73 Å². The zero-order chi connectivity index (χ0) is 12.6. The van der Waals surface area contributed by atoms with Gasteiger partial charge in [0, 0.05) is 16.2 Å². The summed E-state index contributed by atoms with van der Waals surface area (Å²) in [5, 5.41) is 0.247. The topological polar surface area (TPSA) is 26.0 Å². The van der Waals surface area contributed by atoms with Crippen molar-refractivity contribution < 1.29 is 17.6 Å². The number of nitrogens with two attached hydrogens (primary N) is 1. The van der Waals surface area contributed by atoms with Crippen molar-refractivity contribution in [3.8, 4) is 0 Å². The predicted molar refractivity (Wildman–Crippen MR) is 58.3 cm³/mol. The summed E-state index contributed by atoms with van der Waals surface area (Å²) in [5.41, 5.74) is 4.39. The van der Waals surface area contributed by atoms with Gasteiger partial charge in [-0.1, -0.05) is 0 Å². The van der Waals surface area contributed by atoms with Gasteiger partial charge >= 0.3 is 6.18 Å². The first kappa shape index (κ1) is 12.7. The van der Waals surface area contributed by atoms with Gasteiger partial charge in [-0.25, -0.2) is 4.39 Å². The van der Waals surface area contributed by atoms with Crippen LogP contribution in [0.5, 0.6) is 0 Å². The van der Waals surface area contributed by atoms with Crippen LogP contribution in [0, 0.1) is 5.82 Å². The molecule has 0 saturated heterocycles. The van der Waals surface area contributed by atoms with E-state index in [2.05, 4.69) is 0 Å². The number of benzene rings is 1. The molecular weight excluding hydrogens is 254 g/mol. The van der Waals surface area contributed by atoms with Gasteiger partial charge in [-0.2, -0.15) is 13.2 Å². The van der Waals surface area contributed by atoms with Gasteiger partial charge in [0.05, 0.1) is 5.56 Å². The molecule has 1 saturated carbocycles. The van der Waals surface area contributed by atoms with E-state index in [0.29, 0.717) is 4.90 Å². The van der Waals surface area contributed by atoms with E-state index in [4.69, 9.17) is 5.73 Å².